The third kappa shape index (κ3) is 15.2. The summed E-state index contributed by atoms with van der Waals surface area (Å²) in [7, 11) is 0. The summed E-state index contributed by atoms with van der Waals surface area (Å²) in [5.41, 5.74) is 0.244. The van der Waals surface area contributed by atoms with Gasteiger partial charge in [-0.1, -0.05) is 33.1 Å². The zero-order chi connectivity index (χ0) is 27.0. The fourth-order valence-corrected chi connectivity index (χ4v) is 2.61. The first-order valence-corrected chi connectivity index (χ1v) is 11.8. The van der Waals surface area contributed by atoms with Crippen molar-refractivity contribution in [2.24, 2.45) is 0 Å². The largest absolute Gasteiger partial charge is 0.516 e. The van der Waals surface area contributed by atoms with Crippen molar-refractivity contribution in [3.63, 3.8) is 0 Å². The molecule has 0 fully saturated rings. The average molecular weight is 507 g/mol. The minimum Gasteiger partial charge on any atom is -0.516 e. The number of unbranched alkanes of at least 4 members (excludes halogenated alkanes) is 3. The molecule has 0 radical (unpaired) electrons. The molecule has 1 aromatic rings. The highest BCUT2D eigenvalue weighted by atomic mass is 16.5. The van der Waals surface area contributed by atoms with Crippen LogP contribution in [0.5, 0.6) is 0 Å². The fourth-order valence-electron chi connectivity index (χ4n) is 2.61. The summed E-state index contributed by atoms with van der Waals surface area (Å²) in [5, 5.41) is 7.33. The second-order valence-corrected chi connectivity index (χ2v) is 7.23. The Kier molecular flexibility index (Phi) is 19.5. The molecule has 0 aromatic heterocycles. The second kappa shape index (κ2) is 21.8. The van der Waals surface area contributed by atoms with E-state index in [1.54, 1.807) is 0 Å². The van der Waals surface area contributed by atoms with Crippen molar-refractivity contribution in [2.45, 2.75) is 45.4 Å². The Balaban J connectivity index is 0.00000387. The van der Waals surface area contributed by atoms with Gasteiger partial charge in [0, 0.05) is 0 Å². The van der Waals surface area contributed by atoms with Crippen molar-refractivity contribution >= 4 is 17.9 Å². The predicted molar refractivity (Wildman–Crippen MR) is 136 cm³/mol. The van der Waals surface area contributed by atoms with E-state index in [0.29, 0.717) is 45.3 Å². The molecule has 0 amide bonds. The molecule has 9 nitrogen and oxygen atoms in total. The van der Waals surface area contributed by atoms with Crippen LogP contribution >= 0.6 is 0 Å². The molecule has 0 aliphatic heterocycles. The minimum atomic E-state index is -0.640. The molecule has 0 atom stereocenters. The number of rotatable bonds is 18. The lowest BCUT2D eigenvalue weighted by atomic mass is 10.1. The zero-order valence-electron chi connectivity index (χ0n) is 21.1. The minimum absolute atomic E-state index is 0.0774. The summed E-state index contributed by atoms with van der Waals surface area (Å²) < 4.78 is 25.8. The lowest BCUT2D eigenvalue weighted by molar-refractivity contribution is 0.0489. The average Bonchev–Trinajstić information content (AvgIpc) is 2.88. The molecule has 9 heteroatoms. The summed E-state index contributed by atoms with van der Waals surface area (Å²) in [4.78, 5) is 37.4. The molecule has 0 spiro atoms. The van der Waals surface area contributed by atoms with Gasteiger partial charge in [0.1, 0.15) is 0 Å². The van der Waals surface area contributed by atoms with Crippen LogP contribution in [0.1, 0.15) is 76.5 Å². The Morgan fingerprint density at radius 2 is 0.972 bits per heavy atom. The highest BCUT2D eigenvalue weighted by Gasteiger charge is 2.19. The number of hydrogen-bond acceptors (Lipinski definition) is 9. The van der Waals surface area contributed by atoms with Crippen molar-refractivity contribution < 1.29 is 43.2 Å². The van der Waals surface area contributed by atoms with Crippen molar-refractivity contribution in [2.75, 3.05) is 33.0 Å². The van der Waals surface area contributed by atoms with Crippen LogP contribution < -0.4 is 0 Å². The van der Waals surface area contributed by atoms with Crippen LogP contribution in [0.25, 0.3) is 0 Å². The maximum Gasteiger partial charge on any atom is 0.338 e. The summed E-state index contributed by atoms with van der Waals surface area (Å²) in [6, 6.07) is 4.08. The Hall–Kier alpha value is -3.75. The van der Waals surface area contributed by atoms with Gasteiger partial charge in [0.25, 0.3) is 0 Å². The molecule has 0 saturated carbocycles. The predicted octanol–water partition coefficient (Wildman–Crippen LogP) is 5.53. The van der Waals surface area contributed by atoms with E-state index in [4.69, 9.17) is 28.8 Å². The smallest absolute Gasteiger partial charge is 0.338 e. The Labute approximate surface area is 213 Å². The van der Waals surface area contributed by atoms with Gasteiger partial charge in [-0.05, 0) is 50.3 Å². The van der Waals surface area contributed by atoms with E-state index in [9.17, 15) is 14.4 Å². The molecule has 0 saturated heterocycles. The first-order chi connectivity index (χ1) is 17.4. The Morgan fingerprint density at radius 1 is 0.667 bits per heavy atom. The quantitative estimate of drug-likeness (QED) is 0.119. The standard InChI is InChI=1S/C25H34O8.C2H4O/c1-4-7-14-31-23(26)20-17-21(24(27)32-15-10-8-12-29-5-2)19-22(18-20)25(28)33-16-11-9-13-30-6-3;1-2-3/h5-6,17-19H,2-4,7-16H2,1H3;2-3H,1H2. The van der Waals surface area contributed by atoms with Crippen LogP contribution in [0.2, 0.25) is 0 Å². The third-order valence-electron chi connectivity index (χ3n) is 4.39. The van der Waals surface area contributed by atoms with E-state index in [2.05, 4.69) is 19.7 Å². The number of ether oxygens (including phenoxy) is 5. The topological polar surface area (TPSA) is 118 Å². The number of benzene rings is 1. The normalized spacial score (nSPS) is 9.58. The van der Waals surface area contributed by atoms with Gasteiger partial charge in [-0.25, -0.2) is 14.4 Å². The molecule has 0 bridgehead atoms. The molecule has 0 unspecified atom stereocenters. The molecule has 1 rings (SSSR count). The first kappa shape index (κ1) is 32.2. The van der Waals surface area contributed by atoms with Gasteiger partial charge in [-0.15, -0.1) is 0 Å². The van der Waals surface area contributed by atoms with Crippen molar-refractivity contribution in [3.8, 4) is 0 Å². The Bertz CT molecular complexity index is 767. The summed E-state index contributed by atoms with van der Waals surface area (Å²) in [6.07, 6.45) is 7.63. The molecule has 36 heavy (non-hydrogen) atoms. The monoisotopic (exact) mass is 506 g/mol. The maximum atomic E-state index is 12.5. The number of esters is 3. The molecule has 200 valence electrons. The summed E-state index contributed by atoms with van der Waals surface area (Å²) in [5.74, 6) is -1.90. The number of carbonyl (C=O) groups is 3. The second-order valence-electron chi connectivity index (χ2n) is 7.23. The lowest BCUT2D eigenvalue weighted by Gasteiger charge is -2.11. The van der Waals surface area contributed by atoms with E-state index in [-0.39, 0.29) is 36.5 Å². The van der Waals surface area contributed by atoms with Crippen LogP contribution in [0, 0.1) is 0 Å². The van der Waals surface area contributed by atoms with Crippen LogP contribution in [-0.2, 0) is 23.7 Å². The van der Waals surface area contributed by atoms with E-state index in [1.165, 1.54) is 30.7 Å². The first-order valence-electron chi connectivity index (χ1n) is 11.8. The highest BCUT2D eigenvalue weighted by molar-refractivity contribution is 6.00. The third-order valence-corrected chi connectivity index (χ3v) is 4.39. The van der Waals surface area contributed by atoms with Crippen molar-refractivity contribution in [1.29, 1.82) is 0 Å². The lowest BCUT2D eigenvalue weighted by Crippen LogP contribution is -2.14. The Morgan fingerprint density at radius 3 is 1.28 bits per heavy atom. The molecule has 1 aromatic carbocycles. The van der Waals surface area contributed by atoms with Crippen LogP contribution in [0.15, 0.2) is 56.7 Å². The van der Waals surface area contributed by atoms with Crippen molar-refractivity contribution in [3.05, 3.63) is 73.4 Å². The molecule has 0 aliphatic carbocycles. The SMILES string of the molecule is C=CO.C=COCCCCOC(=O)c1cc(C(=O)OCCCC)cc(C(=O)OCCCCOC=C)c1. The van der Waals surface area contributed by atoms with Crippen LogP contribution in [-0.4, -0.2) is 56.0 Å². The number of carbonyl (C=O) groups excluding carboxylic acids is 3. The van der Waals surface area contributed by atoms with E-state index < -0.39 is 17.9 Å². The van der Waals surface area contributed by atoms with Gasteiger partial charge in [0.2, 0.25) is 0 Å². The number of hydrogen-bond donors (Lipinski definition) is 1. The van der Waals surface area contributed by atoms with Crippen LogP contribution in [0.4, 0.5) is 0 Å². The van der Waals surface area contributed by atoms with Crippen molar-refractivity contribution in [1.82, 2.24) is 0 Å². The van der Waals surface area contributed by atoms with Gasteiger partial charge in [0.05, 0.1) is 68.5 Å². The molecule has 1 N–H and O–H groups in total. The molecule has 0 aliphatic rings. The van der Waals surface area contributed by atoms with Crippen LogP contribution in [0.3, 0.4) is 0 Å². The van der Waals surface area contributed by atoms with E-state index in [1.807, 2.05) is 6.92 Å². The highest BCUT2D eigenvalue weighted by Crippen LogP contribution is 2.15. The van der Waals surface area contributed by atoms with Gasteiger partial charge in [-0.2, -0.15) is 0 Å². The summed E-state index contributed by atoms with van der Waals surface area (Å²) >= 11 is 0. The van der Waals surface area contributed by atoms with Gasteiger partial charge >= 0.3 is 17.9 Å². The van der Waals surface area contributed by atoms with Gasteiger partial charge < -0.3 is 28.8 Å². The fraction of sp³-hybridized carbons (Fsp3) is 0.444. The summed E-state index contributed by atoms with van der Waals surface area (Å²) in [6.45, 7) is 13.4. The maximum absolute atomic E-state index is 12.5. The molecule has 0 heterocycles. The molecular formula is C27H38O9. The van der Waals surface area contributed by atoms with E-state index >= 15 is 0 Å². The zero-order valence-corrected chi connectivity index (χ0v) is 21.1. The van der Waals surface area contributed by atoms with E-state index in [0.717, 1.165) is 12.7 Å². The van der Waals surface area contributed by atoms with Gasteiger partial charge in [-0.3, -0.25) is 0 Å². The number of aliphatic hydroxyl groups is 1. The number of aliphatic hydroxyl groups excluding tert-OH is 1. The van der Waals surface area contributed by atoms with Gasteiger partial charge in [0.15, 0.2) is 0 Å². The molecular weight excluding hydrogens is 468 g/mol.